The fourth-order valence-electron chi connectivity index (χ4n) is 0. The topological polar surface area (TPSA) is 160 Å². The molecule has 0 aromatic rings. The minimum absolute atomic E-state index is 0. The van der Waals surface area contributed by atoms with Crippen LogP contribution >= 0.6 is 0 Å². The van der Waals surface area contributed by atoms with Gasteiger partial charge in [-0.1, -0.05) is 22.3 Å². The first-order chi connectivity index (χ1) is 5.24. The number of carboxylic acid groups (broad SMARTS) is 2. The summed E-state index contributed by atoms with van der Waals surface area (Å²) in [5.74, 6) is 0. The predicted octanol–water partition coefficient (Wildman–Crippen LogP) is 0.110. The molecule has 0 spiro atoms. The summed E-state index contributed by atoms with van der Waals surface area (Å²) in [4.78, 5) is 33.0. The summed E-state index contributed by atoms with van der Waals surface area (Å²) in [7, 11) is 0. The average Bonchev–Trinajstić information content (AvgIpc) is 1.96. The van der Waals surface area contributed by atoms with E-state index in [0.29, 0.717) is 0 Å². The Balaban J connectivity index is -0.00000000533. The Hall–Kier alpha value is -1.98. The predicted molar refractivity (Wildman–Crippen MR) is 52.2 cm³/mol. The van der Waals surface area contributed by atoms with Crippen molar-refractivity contribution in [1.82, 2.24) is 0 Å². The summed E-state index contributed by atoms with van der Waals surface area (Å²) < 4.78 is 7.50. The summed E-state index contributed by atoms with van der Waals surface area (Å²) in [6.07, 6.45) is 0.250. The van der Waals surface area contributed by atoms with Gasteiger partial charge in [0.25, 0.3) is 12.9 Å². The third kappa shape index (κ3) is 308. The zero-order valence-electron chi connectivity index (χ0n) is 5.59. The maximum absolute atomic E-state index is 8.36. The molecule has 8 heteroatoms. The molecule has 4 N–H and O–H groups in total. The van der Waals surface area contributed by atoms with Crippen molar-refractivity contribution in [2.75, 3.05) is 0 Å². The smallest absolute Gasteiger partial charge is 0 e. The number of carbonyl (C=O) groups is 2. The fraction of sp³-hybridized carbons (Fsp3) is 0.429. The molecule has 8 nitrogen and oxygen atoms in total. The van der Waals surface area contributed by atoms with Gasteiger partial charge in [0.1, 0.15) is 0 Å². The van der Waals surface area contributed by atoms with Gasteiger partial charge in [-0.2, -0.15) is 9.59 Å². The second-order valence-electron chi connectivity index (χ2n) is 0.294. The molecule has 0 heterocycles. The Bertz CT molecular complexity index is 113. The summed E-state index contributed by atoms with van der Waals surface area (Å²) in [6.45, 7) is 4.00. The second kappa shape index (κ2) is 1400. The third-order valence-corrected chi connectivity index (χ3v) is 0. The molecule has 0 aliphatic rings. The van der Waals surface area contributed by atoms with Crippen LogP contribution in [-0.2, 0) is 23.8 Å². The SMILES string of the molecule is C.C.C.O.O=C=O.O=CO.O=CO.[C-]#[O+].[HH]. The molecular formula is C7H20O8. The Kier molecular flexibility index (Phi) is 6980. The van der Waals surface area contributed by atoms with Gasteiger partial charge >= 0.3 is 17.5 Å². The zero-order chi connectivity index (χ0) is 10.1. The number of rotatable bonds is 0. The van der Waals surface area contributed by atoms with Gasteiger partial charge in [-0.3, -0.25) is 9.59 Å². The largest absolute Gasteiger partial charge is 0 e. The molecule has 0 saturated heterocycles. The van der Waals surface area contributed by atoms with Gasteiger partial charge in [0.05, 0.1) is 0 Å². The van der Waals surface area contributed by atoms with Gasteiger partial charge in [0, 0.05) is 1.43 Å². The average molecular weight is 232 g/mol. The van der Waals surface area contributed by atoms with Gasteiger partial charge < -0.3 is 15.7 Å². The first kappa shape index (κ1) is 74.6. The molecule has 0 aliphatic heterocycles. The van der Waals surface area contributed by atoms with Crippen molar-refractivity contribution in [3.05, 3.63) is 6.65 Å². The monoisotopic (exact) mass is 232 g/mol. The van der Waals surface area contributed by atoms with Crippen LogP contribution < -0.4 is 0 Å². The van der Waals surface area contributed by atoms with Crippen LogP contribution in [0.15, 0.2) is 0 Å². The van der Waals surface area contributed by atoms with Crippen LogP contribution in [0.25, 0.3) is 0 Å². The Morgan fingerprint density at radius 1 is 1.00 bits per heavy atom. The molecule has 96 valence electrons. The molecule has 0 amide bonds. The Morgan fingerprint density at radius 2 is 1.00 bits per heavy atom. The number of carbonyl (C=O) groups excluding carboxylic acids is 2. The molecule has 0 bridgehead atoms. The van der Waals surface area contributed by atoms with Crippen molar-refractivity contribution in [2.24, 2.45) is 0 Å². The van der Waals surface area contributed by atoms with Gasteiger partial charge in [0.15, 0.2) is 0 Å². The molecule has 0 unspecified atom stereocenters. The minimum atomic E-state index is -0.250. The first-order valence-corrected chi connectivity index (χ1v) is 1.60. The van der Waals surface area contributed by atoms with Crippen LogP contribution in [0.1, 0.15) is 23.7 Å². The third-order valence-electron chi connectivity index (χ3n) is 0. The van der Waals surface area contributed by atoms with Gasteiger partial charge in [-0.15, -0.1) is 0 Å². The van der Waals surface area contributed by atoms with Crippen LogP contribution in [0.3, 0.4) is 0 Å². The van der Waals surface area contributed by atoms with Crippen LogP contribution in [0.5, 0.6) is 0 Å². The van der Waals surface area contributed by atoms with Crippen molar-refractivity contribution in [3.63, 3.8) is 0 Å². The fourth-order valence-corrected chi connectivity index (χ4v) is 0. The molecule has 0 fully saturated rings. The number of hydrogen-bond acceptors (Lipinski definition) is 4. The van der Waals surface area contributed by atoms with Crippen LogP contribution in [-0.4, -0.2) is 34.8 Å². The van der Waals surface area contributed by atoms with E-state index in [9.17, 15) is 0 Å². The van der Waals surface area contributed by atoms with E-state index < -0.39 is 0 Å². The summed E-state index contributed by atoms with van der Waals surface area (Å²) in [5, 5.41) is 13.8. The van der Waals surface area contributed by atoms with E-state index in [1.165, 1.54) is 0 Å². The molecule has 0 aliphatic carbocycles. The van der Waals surface area contributed by atoms with E-state index in [0.717, 1.165) is 0 Å². The van der Waals surface area contributed by atoms with Crippen molar-refractivity contribution < 1.29 is 40.9 Å². The molecule has 0 rings (SSSR count). The van der Waals surface area contributed by atoms with E-state index >= 15 is 0 Å². The first-order valence-electron chi connectivity index (χ1n) is 1.60. The molecule has 0 aromatic heterocycles. The van der Waals surface area contributed by atoms with Gasteiger partial charge in [-0.25, -0.2) is 0 Å². The Morgan fingerprint density at radius 3 is 1.00 bits per heavy atom. The van der Waals surface area contributed by atoms with Crippen LogP contribution in [0, 0.1) is 6.65 Å². The van der Waals surface area contributed by atoms with Crippen molar-refractivity contribution >= 4 is 19.1 Å². The van der Waals surface area contributed by atoms with Gasteiger partial charge in [-0.05, 0) is 0 Å². The van der Waals surface area contributed by atoms with Gasteiger partial charge in [0.2, 0.25) is 0 Å². The summed E-state index contributed by atoms with van der Waals surface area (Å²) >= 11 is 0. The molecule has 0 saturated carbocycles. The number of hydrogen-bond donors (Lipinski definition) is 2. The molecular weight excluding hydrogens is 212 g/mol. The van der Waals surface area contributed by atoms with Crippen molar-refractivity contribution in [2.45, 2.75) is 22.3 Å². The maximum atomic E-state index is 8.36. The van der Waals surface area contributed by atoms with E-state index in [1.807, 2.05) is 0 Å². The molecule has 0 radical (unpaired) electrons. The van der Waals surface area contributed by atoms with E-state index in [4.69, 9.17) is 34.0 Å². The van der Waals surface area contributed by atoms with E-state index in [2.05, 4.69) is 6.65 Å². The standard InChI is InChI=1S/2CH2O2.CO2.CO.3CH4.H2O.H2/c3*2-1-3;1-2;;;;;/h2*1H,(H,2,3);;;3*1H4;1H2;1H. The zero-order valence-corrected chi connectivity index (χ0v) is 5.59. The van der Waals surface area contributed by atoms with Crippen LogP contribution in [0.4, 0.5) is 0 Å². The van der Waals surface area contributed by atoms with E-state index in [1.54, 1.807) is 0 Å². The maximum Gasteiger partial charge on any atom is 0 e. The van der Waals surface area contributed by atoms with Crippen molar-refractivity contribution in [1.29, 1.82) is 0 Å². The molecule has 0 atom stereocenters. The Labute approximate surface area is 90.0 Å². The second-order valence-corrected chi connectivity index (χ2v) is 0.294. The normalized spacial score (nSPS) is 2.27. The quantitative estimate of drug-likeness (QED) is 0.342. The summed E-state index contributed by atoms with van der Waals surface area (Å²) in [5.41, 5.74) is 0. The minimum Gasteiger partial charge on any atom is 0 e. The van der Waals surface area contributed by atoms with E-state index in [-0.39, 0.29) is 48.3 Å². The van der Waals surface area contributed by atoms with Crippen molar-refractivity contribution in [3.8, 4) is 0 Å². The van der Waals surface area contributed by atoms with Crippen LogP contribution in [0.2, 0.25) is 0 Å². The summed E-state index contributed by atoms with van der Waals surface area (Å²) in [6, 6.07) is 0. The molecule has 0 aromatic carbocycles. The molecule has 15 heavy (non-hydrogen) atoms.